The number of hydrogen-bond acceptors (Lipinski definition) is 7. The third-order valence-electron chi connectivity index (χ3n) is 4.97. The van der Waals surface area contributed by atoms with E-state index in [1.807, 2.05) is 19.1 Å². The largest absolute Gasteiger partial charge is 0.489 e. The second kappa shape index (κ2) is 6.64. The van der Waals surface area contributed by atoms with Crippen LogP contribution in [-0.4, -0.2) is 47.6 Å². The summed E-state index contributed by atoms with van der Waals surface area (Å²) < 4.78 is 11.8. The Morgan fingerprint density at radius 1 is 1.38 bits per heavy atom. The van der Waals surface area contributed by atoms with Crippen LogP contribution in [0, 0.1) is 12.3 Å². The minimum absolute atomic E-state index is 0.181. The molecule has 2 aromatic rings. The van der Waals surface area contributed by atoms with Crippen LogP contribution in [0.25, 0.3) is 0 Å². The molecule has 2 fully saturated rings. The average molecular weight is 346 g/mol. The van der Waals surface area contributed by atoms with Gasteiger partial charge in [-0.05, 0) is 43.7 Å². The molecule has 24 heavy (non-hydrogen) atoms. The zero-order chi connectivity index (χ0) is 16.4. The van der Waals surface area contributed by atoms with Crippen LogP contribution in [0.3, 0.4) is 0 Å². The maximum Gasteiger partial charge on any atom is 0.208 e. The van der Waals surface area contributed by atoms with Crippen molar-refractivity contribution in [1.82, 2.24) is 15.2 Å². The average Bonchev–Trinajstić information content (AvgIpc) is 3.22. The van der Waals surface area contributed by atoms with Crippen molar-refractivity contribution in [1.29, 1.82) is 0 Å². The summed E-state index contributed by atoms with van der Waals surface area (Å²) in [6.07, 6.45) is 7.05. The summed E-state index contributed by atoms with van der Waals surface area (Å²) in [6, 6.07) is 3.82. The van der Waals surface area contributed by atoms with Gasteiger partial charge in [-0.15, -0.1) is 10.2 Å². The monoisotopic (exact) mass is 346 g/mol. The Morgan fingerprint density at radius 3 is 2.96 bits per heavy atom. The summed E-state index contributed by atoms with van der Waals surface area (Å²) in [5.74, 6) is 0.809. The maximum absolute atomic E-state index is 6.02. The van der Waals surface area contributed by atoms with Crippen molar-refractivity contribution in [2.24, 2.45) is 5.41 Å². The first-order valence-corrected chi connectivity index (χ1v) is 9.24. The fourth-order valence-electron chi connectivity index (χ4n) is 3.56. The van der Waals surface area contributed by atoms with E-state index in [9.17, 15) is 0 Å². The first-order chi connectivity index (χ1) is 11.7. The first-order valence-electron chi connectivity index (χ1n) is 8.42. The molecule has 6 nitrogen and oxygen atoms in total. The topological polar surface area (TPSA) is 60.4 Å². The molecular formula is C17H22N4O2S. The lowest BCUT2D eigenvalue weighted by Crippen LogP contribution is -2.40. The van der Waals surface area contributed by atoms with Crippen molar-refractivity contribution in [3.8, 4) is 5.75 Å². The van der Waals surface area contributed by atoms with E-state index in [1.165, 1.54) is 0 Å². The summed E-state index contributed by atoms with van der Waals surface area (Å²) in [5.41, 5.74) is 0.305. The number of hydrogen-bond donors (Lipinski definition) is 0. The molecule has 0 saturated carbocycles. The van der Waals surface area contributed by atoms with Gasteiger partial charge in [-0.2, -0.15) is 0 Å². The van der Waals surface area contributed by atoms with Crippen LogP contribution < -0.4 is 9.64 Å². The zero-order valence-corrected chi connectivity index (χ0v) is 14.7. The molecule has 2 saturated heterocycles. The van der Waals surface area contributed by atoms with E-state index in [2.05, 4.69) is 20.1 Å². The van der Waals surface area contributed by atoms with Gasteiger partial charge in [0.05, 0.1) is 18.9 Å². The van der Waals surface area contributed by atoms with Crippen molar-refractivity contribution >= 4 is 16.5 Å². The molecule has 4 rings (SSSR count). The van der Waals surface area contributed by atoms with Crippen LogP contribution in [-0.2, 0) is 4.74 Å². The summed E-state index contributed by atoms with van der Waals surface area (Å²) >= 11 is 1.68. The second-order valence-corrected chi connectivity index (χ2v) is 7.89. The lowest BCUT2D eigenvalue weighted by atomic mass is 9.77. The van der Waals surface area contributed by atoms with Crippen LogP contribution in [0.5, 0.6) is 5.75 Å². The molecule has 1 spiro atoms. The van der Waals surface area contributed by atoms with Gasteiger partial charge in [0.25, 0.3) is 0 Å². The molecule has 128 valence electrons. The van der Waals surface area contributed by atoms with Crippen molar-refractivity contribution < 1.29 is 9.47 Å². The van der Waals surface area contributed by atoms with Crippen LogP contribution in [0.4, 0.5) is 5.13 Å². The normalized spacial score (nSPS) is 22.9. The summed E-state index contributed by atoms with van der Waals surface area (Å²) in [7, 11) is 0. The Hall–Kier alpha value is -1.73. The highest BCUT2D eigenvalue weighted by Gasteiger charge is 2.43. The lowest BCUT2D eigenvalue weighted by Gasteiger charge is -2.38. The van der Waals surface area contributed by atoms with Crippen LogP contribution in [0.1, 0.15) is 24.3 Å². The number of anilines is 1. The van der Waals surface area contributed by atoms with Crippen molar-refractivity contribution in [2.45, 2.75) is 32.3 Å². The Balaban J connectivity index is 1.29. The highest BCUT2D eigenvalue weighted by atomic mass is 32.1. The molecule has 2 aliphatic heterocycles. The Labute approximate surface area is 145 Å². The quantitative estimate of drug-likeness (QED) is 0.848. The smallest absolute Gasteiger partial charge is 0.208 e. The van der Waals surface area contributed by atoms with Gasteiger partial charge in [-0.3, -0.25) is 4.98 Å². The van der Waals surface area contributed by atoms with Gasteiger partial charge in [0.2, 0.25) is 5.13 Å². The van der Waals surface area contributed by atoms with Crippen LogP contribution in [0.15, 0.2) is 24.5 Å². The molecular weight excluding hydrogens is 324 g/mol. The van der Waals surface area contributed by atoms with Gasteiger partial charge in [-0.1, -0.05) is 11.3 Å². The molecule has 0 aliphatic carbocycles. The van der Waals surface area contributed by atoms with E-state index in [4.69, 9.17) is 9.47 Å². The molecule has 0 radical (unpaired) electrons. The van der Waals surface area contributed by atoms with Gasteiger partial charge in [0.1, 0.15) is 17.4 Å². The van der Waals surface area contributed by atoms with Crippen molar-refractivity contribution in [3.05, 3.63) is 29.5 Å². The number of pyridine rings is 1. The molecule has 0 aromatic carbocycles. The molecule has 0 bridgehead atoms. The van der Waals surface area contributed by atoms with E-state index in [0.717, 1.165) is 54.8 Å². The molecule has 0 N–H and O–H groups in total. The van der Waals surface area contributed by atoms with Crippen LogP contribution in [0.2, 0.25) is 0 Å². The fourth-order valence-corrected chi connectivity index (χ4v) is 4.30. The van der Waals surface area contributed by atoms with Gasteiger partial charge < -0.3 is 14.4 Å². The van der Waals surface area contributed by atoms with E-state index >= 15 is 0 Å². The number of piperidine rings is 1. The summed E-state index contributed by atoms with van der Waals surface area (Å²) in [6.45, 7) is 5.52. The molecule has 1 atom stereocenters. The lowest BCUT2D eigenvalue weighted by molar-refractivity contribution is 0.0577. The molecule has 2 aromatic heterocycles. The van der Waals surface area contributed by atoms with Gasteiger partial charge in [0.15, 0.2) is 0 Å². The van der Waals surface area contributed by atoms with E-state index in [0.29, 0.717) is 12.0 Å². The van der Waals surface area contributed by atoms with Crippen molar-refractivity contribution in [3.63, 3.8) is 0 Å². The summed E-state index contributed by atoms with van der Waals surface area (Å²) in [5, 5.41) is 10.5. The Kier molecular flexibility index (Phi) is 4.37. The minimum atomic E-state index is 0.181. The van der Waals surface area contributed by atoms with E-state index in [1.54, 1.807) is 23.7 Å². The number of aromatic nitrogens is 3. The highest BCUT2D eigenvalue weighted by Crippen LogP contribution is 2.43. The molecule has 0 amide bonds. The Bertz CT molecular complexity index is 670. The highest BCUT2D eigenvalue weighted by molar-refractivity contribution is 7.15. The molecule has 1 unspecified atom stereocenters. The predicted molar refractivity (Wildman–Crippen MR) is 92.6 cm³/mol. The Morgan fingerprint density at radius 2 is 2.25 bits per heavy atom. The molecule has 7 heteroatoms. The van der Waals surface area contributed by atoms with Gasteiger partial charge >= 0.3 is 0 Å². The third kappa shape index (κ3) is 3.37. The minimum Gasteiger partial charge on any atom is -0.489 e. The first kappa shape index (κ1) is 15.8. The molecule has 2 aliphatic rings. The third-order valence-corrected chi connectivity index (χ3v) is 5.87. The number of ether oxygens (including phenoxy) is 2. The second-order valence-electron chi connectivity index (χ2n) is 6.73. The van der Waals surface area contributed by atoms with Gasteiger partial charge in [0, 0.05) is 19.3 Å². The zero-order valence-electron chi connectivity index (χ0n) is 13.9. The fraction of sp³-hybridized carbons (Fsp3) is 0.588. The summed E-state index contributed by atoms with van der Waals surface area (Å²) in [4.78, 5) is 6.43. The maximum atomic E-state index is 6.02. The standard InChI is InChI=1S/C17H22N4O2S/c1-13-19-20-16(24-13)21-7-4-17(5-8-21)9-15(23-12-17)11-22-14-3-2-6-18-10-14/h2-3,6,10,15H,4-5,7-9,11-12H2,1H3. The van der Waals surface area contributed by atoms with Gasteiger partial charge in [-0.25, -0.2) is 0 Å². The van der Waals surface area contributed by atoms with E-state index < -0.39 is 0 Å². The molecule has 4 heterocycles. The predicted octanol–water partition coefficient (Wildman–Crippen LogP) is 2.70. The van der Waals surface area contributed by atoms with Crippen LogP contribution >= 0.6 is 11.3 Å². The van der Waals surface area contributed by atoms with Crippen molar-refractivity contribution in [2.75, 3.05) is 31.2 Å². The SMILES string of the molecule is Cc1nnc(N2CCC3(CC2)COC(COc2cccnc2)C3)s1. The van der Waals surface area contributed by atoms with E-state index in [-0.39, 0.29) is 6.10 Å². The number of aryl methyl sites for hydroxylation is 1. The number of nitrogens with zero attached hydrogens (tertiary/aromatic N) is 4. The number of rotatable bonds is 4.